The van der Waals surface area contributed by atoms with E-state index in [-0.39, 0.29) is 11.4 Å². The third kappa shape index (κ3) is 4.30. The number of halogens is 1. The van der Waals surface area contributed by atoms with Gasteiger partial charge in [-0.1, -0.05) is 18.2 Å². The number of ether oxygens (including phenoxy) is 3. The molecule has 0 saturated carbocycles. The van der Waals surface area contributed by atoms with Gasteiger partial charge in [-0.05, 0) is 77.5 Å². The Balaban J connectivity index is 1.70. The summed E-state index contributed by atoms with van der Waals surface area (Å²) >= 11 is 2.18. The summed E-state index contributed by atoms with van der Waals surface area (Å²) in [5, 5.41) is 5.77. The van der Waals surface area contributed by atoms with E-state index in [0.717, 1.165) is 14.5 Å². The average Bonchev–Trinajstić information content (AvgIpc) is 3.32. The second-order valence-electron chi connectivity index (χ2n) is 7.76. The minimum Gasteiger partial charge on any atom is -0.496 e. The molecule has 0 N–H and O–H groups in total. The van der Waals surface area contributed by atoms with Gasteiger partial charge in [0, 0.05) is 0 Å². The van der Waals surface area contributed by atoms with E-state index in [1.165, 1.54) is 4.68 Å². The Bertz CT molecular complexity index is 1670. The first-order valence-electron chi connectivity index (χ1n) is 11.2. The molecule has 0 bridgehead atoms. The van der Waals surface area contributed by atoms with E-state index in [0.29, 0.717) is 46.1 Å². The van der Waals surface area contributed by atoms with Gasteiger partial charge in [-0.2, -0.15) is 9.78 Å². The molecule has 0 aliphatic rings. The topological polar surface area (TPSA) is 88.1 Å². The quantitative estimate of drug-likeness (QED) is 0.177. The fraction of sp³-hybridized carbons (Fsp3) is 0.148. The number of methoxy groups -OCH3 is 2. The summed E-state index contributed by atoms with van der Waals surface area (Å²) in [6, 6.07) is 18.2. The molecule has 36 heavy (non-hydrogen) atoms. The van der Waals surface area contributed by atoms with E-state index in [2.05, 4.69) is 27.7 Å². The van der Waals surface area contributed by atoms with Gasteiger partial charge >= 0.3 is 0 Å². The van der Waals surface area contributed by atoms with Crippen LogP contribution in [0.5, 0.6) is 17.2 Å². The molecule has 0 saturated heterocycles. The van der Waals surface area contributed by atoms with E-state index in [1.807, 2.05) is 43.3 Å². The van der Waals surface area contributed by atoms with Crippen molar-refractivity contribution in [3.8, 4) is 28.8 Å². The fourth-order valence-electron chi connectivity index (χ4n) is 3.96. The number of nitrogens with zero attached hydrogens (tertiary/aromatic N) is 3. The first kappa shape index (κ1) is 23.9. The highest BCUT2D eigenvalue weighted by molar-refractivity contribution is 14.1. The Morgan fingerprint density at radius 1 is 1.03 bits per heavy atom. The Morgan fingerprint density at radius 2 is 1.86 bits per heavy atom. The van der Waals surface area contributed by atoms with Crippen LogP contribution in [0.15, 0.2) is 75.0 Å². The van der Waals surface area contributed by atoms with E-state index in [1.54, 1.807) is 44.7 Å². The van der Waals surface area contributed by atoms with Crippen LogP contribution in [0.25, 0.3) is 33.5 Å². The van der Waals surface area contributed by atoms with Gasteiger partial charge < -0.3 is 18.6 Å². The van der Waals surface area contributed by atoms with Crippen molar-refractivity contribution in [1.82, 2.24) is 9.66 Å². The van der Waals surface area contributed by atoms with Gasteiger partial charge in [-0.3, -0.25) is 4.79 Å². The summed E-state index contributed by atoms with van der Waals surface area (Å²) in [4.78, 5) is 18.2. The van der Waals surface area contributed by atoms with E-state index >= 15 is 0 Å². The SMILES string of the molecule is CCOc1cc(C=Nn2c(-c3cc4c(OC)cccc4o3)nc3ccccc3c2=O)cc(I)c1OC. The summed E-state index contributed by atoms with van der Waals surface area (Å²) in [5.74, 6) is 2.59. The third-order valence-corrected chi connectivity index (χ3v) is 6.37. The lowest BCUT2D eigenvalue weighted by Gasteiger charge is -2.12. The third-order valence-electron chi connectivity index (χ3n) is 5.57. The molecular formula is C27H22IN3O5. The largest absolute Gasteiger partial charge is 0.496 e. The van der Waals surface area contributed by atoms with E-state index in [9.17, 15) is 4.79 Å². The zero-order chi connectivity index (χ0) is 25.2. The fourth-order valence-corrected chi connectivity index (χ4v) is 4.81. The molecule has 0 aliphatic carbocycles. The van der Waals surface area contributed by atoms with Gasteiger partial charge in [0.05, 0.1) is 46.9 Å². The predicted molar refractivity (Wildman–Crippen MR) is 148 cm³/mol. The van der Waals surface area contributed by atoms with Crippen LogP contribution in [0.1, 0.15) is 12.5 Å². The Labute approximate surface area is 220 Å². The molecule has 0 aliphatic heterocycles. The van der Waals surface area contributed by atoms with Gasteiger partial charge in [-0.25, -0.2) is 4.98 Å². The van der Waals surface area contributed by atoms with E-state index in [4.69, 9.17) is 23.6 Å². The second-order valence-corrected chi connectivity index (χ2v) is 8.93. The maximum absolute atomic E-state index is 13.5. The van der Waals surface area contributed by atoms with Crippen LogP contribution in [-0.2, 0) is 0 Å². The van der Waals surface area contributed by atoms with Crippen molar-refractivity contribution in [3.63, 3.8) is 0 Å². The monoisotopic (exact) mass is 595 g/mol. The van der Waals surface area contributed by atoms with Crippen molar-refractivity contribution in [2.24, 2.45) is 5.10 Å². The van der Waals surface area contributed by atoms with Gasteiger partial charge in [-0.15, -0.1) is 0 Å². The molecule has 2 aromatic heterocycles. The van der Waals surface area contributed by atoms with Gasteiger partial charge in [0.15, 0.2) is 17.3 Å². The first-order valence-corrected chi connectivity index (χ1v) is 12.2. The maximum atomic E-state index is 13.5. The summed E-state index contributed by atoms with van der Waals surface area (Å²) in [6.07, 6.45) is 1.59. The van der Waals surface area contributed by atoms with Gasteiger partial charge in [0.1, 0.15) is 11.3 Å². The molecule has 5 rings (SSSR count). The van der Waals surface area contributed by atoms with E-state index < -0.39 is 0 Å². The zero-order valence-corrected chi connectivity index (χ0v) is 22.0. The molecule has 0 radical (unpaired) electrons. The summed E-state index contributed by atoms with van der Waals surface area (Å²) in [5.41, 5.74) is 1.59. The normalized spacial score (nSPS) is 11.4. The van der Waals surface area contributed by atoms with Crippen LogP contribution >= 0.6 is 22.6 Å². The number of para-hydroxylation sites is 1. The number of benzene rings is 3. The number of rotatable bonds is 7. The van der Waals surface area contributed by atoms with Crippen molar-refractivity contribution in [1.29, 1.82) is 0 Å². The summed E-state index contributed by atoms with van der Waals surface area (Å²) < 4.78 is 24.9. The lowest BCUT2D eigenvalue weighted by atomic mass is 10.2. The number of hydrogen-bond donors (Lipinski definition) is 0. The van der Waals surface area contributed by atoms with Crippen molar-refractivity contribution in [2.75, 3.05) is 20.8 Å². The van der Waals surface area contributed by atoms with Crippen LogP contribution in [0, 0.1) is 3.57 Å². The molecule has 0 fully saturated rings. The van der Waals surface area contributed by atoms with Crippen molar-refractivity contribution in [3.05, 3.63) is 80.2 Å². The highest BCUT2D eigenvalue weighted by Crippen LogP contribution is 2.34. The van der Waals surface area contributed by atoms with Crippen molar-refractivity contribution >= 4 is 50.7 Å². The van der Waals surface area contributed by atoms with Crippen molar-refractivity contribution < 1.29 is 18.6 Å². The van der Waals surface area contributed by atoms with Gasteiger partial charge in [0.2, 0.25) is 5.82 Å². The molecule has 0 atom stereocenters. The Morgan fingerprint density at radius 3 is 2.64 bits per heavy atom. The molecule has 5 aromatic rings. The maximum Gasteiger partial charge on any atom is 0.282 e. The highest BCUT2D eigenvalue weighted by atomic mass is 127. The smallest absolute Gasteiger partial charge is 0.282 e. The van der Waals surface area contributed by atoms with Crippen LogP contribution < -0.4 is 19.8 Å². The lowest BCUT2D eigenvalue weighted by Crippen LogP contribution is -2.20. The van der Waals surface area contributed by atoms with Crippen LogP contribution in [0.2, 0.25) is 0 Å². The summed E-state index contributed by atoms with van der Waals surface area (Å²) in [7, 11) is 3.20. The molecule has 0 unspecified atom stereocenters. The molecule has 182 valence electrons. The van der Waals surface area contributed by atoms with Crippen LogP contribution in [0.4, 0.5) is 0 Å². The molecule has 0 amide bonds. The molecule has 3 aromatic carbocycles. The number of aromatic nitrogens is 2. The Hall–Kier alpha value is -3.86. The lowest BCUT2D eigenvalue weighted by molar-refractivity contribution is 0.309. The highest BCUT2D eigenvalue weighted by Gasteiger charge is 2.18. The minimum absolute atomic E-state index is 0.279. The summed E-state index contributed by atoms with van der Waals surface area (Å²) in [6.45, 7) is 2.39. The van der Waals surface area contributed by atoms with Crippen LogP contribution in [0.3, 0.4) is 0 Å². The number of fused-ring (bicyclic) bond motifs is 2. The molecular weight excluding hydrogens is 573 g/mol. The molecule has 8 nitrogen and oxygen atoms in total. The van der Waals surface area contributed by atoms with Gasteiger partial charge in [0.25, 0.3) is 5.56 Å². The standard InChI is InChI=1S/C27H22IN3O5/c1-4-35-23-13-16(12-19(28)25(23)34-3)15-29-31-26(30-20-9-6-5-8-17(20)27(31)32)24-14-18-21(33-2)10-7-11-22(18)36-24/h5-15H,4H2,1-3H3. The second kappa shape index (κ2) is 10.0. The average molecular weight is 595 g/mol. The molecule has 9 heteroatoms. The molecule has 0 spiro atoms. The van der Waals surface area contributed by atoms with Crippen LogP contribution in [-0.4, -0.2) is 36.7 Å². The van der Waals surface area contributed by atoms with Crippen molar-refractivity contribution in [2.45, 2.75) is 6.92 Å². The first-order chi connectivity index (χ1) is 17.5. The Kier molecular flexibility index (Phi) is 6.64. The zero-order valence-electron chi connectivity index (χ0n) is 19.8. The minimum atomic E-state index is -0.312. The number of furan rings is 1. The molecule has 2 heterocycles. The predicted octanol–water partition coefficient (Wildman–Crippen LogP) is 5.71. The number of hydrogen-bond acceptors (Lipinski definition) is 7.